The van der Waals surface area contributed by atoms with Crippen LogP contribution in [-0.2, 0) is 0 Å². The maximum absolute atomic E-state index is 13.3. The number of para-hydroxylation sites is 1. The number of hydrogen-bond donors (Lipinski definition) is 0. The van der Waals surface area contributed by atoms with E-state index in [2.05, 4.69) is 5.16 Å². The molecule has 1 aromatic carbocycles. The molecule has 0 atom stereocenters. The zero-order valence-corrected chi connectivity index (χ0v) is 19.8. The molecule has 0 spiro atoms. The number of hydrogen-bond acceptors (Lipinski definition) is 6. The van der Waals surface area contributed by atoms with Crippen LogP contribution in [0, 0.1) is 20.8 Å². The van der Waals surface area contributed by atoms with Crippen molar-refractivity contribution < 1.29 is 9.32 Å². The van der Waals surface area contributed by atoms with Gasteiger partial charge in [-0.05, 0) is 51.8 Å². The number of carbonyl (C=O) groups excluding carboxylic acids is 1. The summed E-state index contributed by atoms with van der Waals surface area (Å²) in [7, 11) is 0. The Morgan fingerprint density at radius 3 is 2.64 bits per heavy atom. The van der Waals surface area contributed by atoms with Crippen molar-refractivity contribution >= 4 is 28.4 Å². The highest BCUT2D eigenvalue weighted by Crippen LogP contribution is 2.32. The molecule has 8 heteroatoms. The van der Waals surface area contributed by atoms with Crippen molar-refractivity contribution in [2.75, 3.05) is 5.75 Å². The summed E-state index contributed by atoms with van der Waals surface area (Å²) in [6.45, 7) is 5.70. The Morgan fingerprint density at radius 2 is 1.91 bits per heavy atom. The van der Waals surface area contributed by atoms with Crippen molar-refractivity contribution in [1.82, 2.24) is 19.3 Å². The number of carbonyl (C=O) groups is 1. The molecule has 1 aliphatic carbocycles. The van der Waals surface area contributed by atoms with Gasteiger partial charge in [0.25, 0.3) is 5.56 Å². The quantitative estimate of drug-likeness (QED) is 0.223. The van der Waals surface area contributed by atoms with Crippen molar-refractivity contribution in [2.24, 2.45) is 0 Å². The third-order valence-corrected chi connectivity index (χ3v) is 7.33. The van der Waals surface area contributed by atoms with E-state index in [0.717, 1.165) is 37.1 Å². The van der Waals surface area contributed by atoms with Gasteiger partial charge >= 0.3 is 0 Å². The molecule has 0 amide bonds. The SMILES string of the molecule is Cc1cc(-n2c(C)cc(C(=O)CSc3nc4ccccc4c(=O)n3C3CCCC3)c2C)no1. The summed E-state index contributed by atoms with van der Waals surface area (Å²) in [4.78, 5) is 31.3. The van der Waals surface area contributed by atoms with Crippen LogP contribution in [0.1, 0.15) is 59.2 Å². The van der Waals surface area contributed by atoms with Gasteiger partial charge in [0.2, 0.25) is 0 Å². The van der Waals surface area contributed by atoms with Gasteiger partial charge in [0.1, 0.15) is 5.76 Å². The van der Waals surface area contributed by atoms with Crippen LogP contribution >= 0.6 is 11.8 Å². The number of ketones is 1. The van der Waals surface area contributed by atoms with Crippen LogP contribution in [0.15, 0.2) is 50.9 Å². The summed E-state index contributed by atoms with van der Waals surface area (Å²) in [5, 5.41) is 5.35. The fraction of sp³-hybridized carbons (Fsp3) is 0.360. The summed E-state index contributed by atoms with van der Waals surface area (Å²) in [6.07, 6.45) is 4.17. The molecule has 5 rings (SSSR count). The maximum Gasteiger partial charge on any atom is 0.262 e. The molecular weight excluding hydrogens is 436 g/mol. The predicted octanol–water partition coefficient (Wildman–Crippen LogP) is 5.19. The van der Waals surface area contributed by atoms with E-state index in [1.54, 1.807) is 0 Å². The van der Waals surface area contributed by atoms with Gasteiger partial charge < -0.3 is 4.52 Å². The molecule has 1 saturated carbocycles. The normalized spacial score (nSPS) is 14.4. The minimum Gasteiger partial charge on any atom is -0.360 e. The van der Waals surface area contributed by atoms with Gasteiger partial charge in [-0.1, -0.05) is 41.9 Å². The molecule has 1 fully saturated rings. The molecule has 1 aliphatic rings. The summed E-state index contributed by atoms with van der Waals surface area (Å²) < 4.78 is 8.97. The zero-order valence-electron chi connectivity index (χ0n) is 19.0. The summed E-state index contributed by atoms with van der Waals surface area (Å²) in [5.74, 6) is 1.59. The average Bonchev–Trinajstić information content (AvgIpc) is 3.53. The summed E-state index contributed by atoms with van der Waals surface area (Å²) in [5.41, 5.74) is 3.05. The molecule has 0 saturated heterocycles. The van der Waals surface area contributed by atoms with Crippen LogP contribution in [0.4, 0.5) is 0 Å². The number of Topliss-reactive ketones (excluding diaryl/α,β-unsaturated/α-hetero) is 1. The van der Waals surface area contributed by atoms with Crippen molar-refractivity contribution in [1.29, 1.82) is 0 Å². The predicted molar refractivity (Wildman–Crippen MR) is 129 cm³/mol. The first-order valence-electron chi connectivity index (χ1n) is 11.2. The van der Waals surface area contributed by atoms with Gasteiger partial charge in [-0.25, -0.2) is 4.98 Å². The Hall–Kier alpha value is -3.13. The van der Waals surface area contributed by atoms with Crippen LogP contribution in [0.2, 0.25) is 0 Å². The lowest BCUT2D eigenvalue weighted by molar-refractivity contribution is 0.102. The van der Waals surface area contributed by atoms with Crippen molar-refractivity contribution in [3.63, 3.8) is 0 Å². The largest absolute Gasteiger partial charge is 0.360 e. The molecule has 7 nitrogen and oxygen atoms in total. The molecule has 0 radical (unpaired) electrons. The monoisotopic (exact) mass is 462 g/mol. The van der Waals surface area contributed by atoms with Gasteiger partial charge in [0, 0.05) is 29.1 Å². The minimum absolute atomic E-state index is 0.0000497. The van der Waals surface area contributed by atoms with Crippen LogP contribution in [0.5, 0.6) is 0 Å². The highest BCUT2D eigenvalue weighted by molar-refractivity contribution is 7.99. The molecule has 4 aromatic rings. The first kappa shape index (κ1) is 21.7. The molecular formula is C25H26N4O3S. The minimum atomic E-state index is -0.0120. The van der Waals surface area contributed by atoms with Gasteiger partial charge in [0.05, 0.1) is 16.7 Å². The van der Waals surface area contributed by atoms with E-state index >= 15 is 0 Å². The molecule has 0 bridgehead atoms. The first-order chi connectivity index (χ1) is 15.9. The van der Waals surface area contributed by atoms with Crippen LogP contribution < -0.4 is 5.56 Å². The second kappa shape index (κ2) is 8.67. The lowest BCUT2D eigenvalue weighted by Crippen LogP contribution is -2.26. The van der Waals surface area contributed by atoms with E-state index in [4.69, 9.17) is 9.51 Å². The van der Waals surface area contributed by atoms with E-state index in [1.165, 1.54) is 11.8 Å². The molecule has 3 aromatic heterocycles. The van der Waals surface area contributed by atoms with E-state index in [-0.39, 0.29) is 23.1 Å². The third kappa shape index (κ3) is 3.93. The standard InChI is InChI=1S/C25H26N4O3S/c1-15-12-20(17(3)28(15)23-13-16(2)32-27-23)22(30)14-33-25-26-21-11-7-6-10-19(21)24(31)29(25)18-8-4-5-9-18/h6-7,10-13,18H,4-5,8-9,14H2,1-3H3. The number of nitrogens with zero attached hydrogens (tertiary/aromatic N) is 4. The number of benzene rings is 1. The molecule has 3 heterocycles. The second-order valence-electron chi connectivity index (χ2n) is 8.65. The summed E-state index contributed by atoms with van der Waals surface area (Å²) >= 11 is 1.35. The highest BCUT2D eigenvalue weighted by Gasteiger charge is 2.24. The lowest BCUT2D eigenvalue weighted by Gasteiger charge is -2.18. The lowest BCUT2D eigenvalue weighted by atomic mass is 10.2. The van der Waals surface area contributed by atoms with Crippen molar-refractivity contribution in [3.05, 3.63) is 69.5 Å². The van der Waals surface area contributed by atoms with Crippen LogP contribution in [0.3, 0.4) is 0 Å². The van der Waals surface area contributed by atoms with Gasteiger partial charge in [0.15, 0.2) is 16.8 Å². The number of thioether (sulfide) groups is 1. The third-order valence-electron chi connectivity index (χ3n) is 6.37. The van der Waals surface area contributed by atoms with Gasteiger partial charge in [-0.2, -0.15) is 0 Å². The van der Waals surface area contributed by atoms with E-state index in [0.29, 0.717) is 33.2 Å². The first-order valence-corrected chi connectivity index (χ1v) is 12.2. The van der Waals surface area contributed by atoms with E-state index in [9.17, 15) is 9.59 Å². The maximum atomic E-state index is 13.3. The highest BCUT2D eigenvalue weighted by atomic mass is 32.2. The van der Waals surface area contributed by atoms with Gasteiger partial charge in [-0.15, -0.1) is 0 Å². The number of fused-ring (bicyclic) bond motifs is 1. The Labute approximate surface area is 195 Å². The van der Waals surface area contributed by atoms with E-state index < -0.39 is 0 Å². The van der Waals surface area contributed by atoms with Gasteiger partial charge in [-0.3, -0.25) is 18.7 Å². The van der Waals surface area contributed by atoms with Crippen LogP contribution in [0.25, 0.3) is 16.7 Å². The number of aromatic nitrogens is 4. The Morgan fingerprint density at radius 1 is 1.15 bits per heavy atom. The topological polar surface area (TPSA) is 82.9 Å². The van der Waals surface area contributed by atoms with E-state index in [1.807, 2.05) is 66.3 Å². The van der Waals surface area contributed by atoms with Crippen molar-refractivity contribution in [3.8, 4) is 5.82 Å². The van der Waals surface area contributed by atoms with Crippen molar-refractivity contribution in [2.45, 2.75) is 57.7 Å². The Kier molecular flexibility index (Phi) is 5.70. The summed E-state index contributed by atoms with van der Waals surface area (Å²) in [6, 6.07) is 11.3. The molecule has 0 N–H and O–H groups in total. The smallest absolute Gasteiger partial charge is 0.262 e. The average molecular weight is 463 g/mol. The molecule has 0 unspecified atom stereocenters. The zero-order chi connectivity index (χ0) is 23.1. The number of rotatable bonds is 6. The Bertz CT molecular complexity index is 1410. The second-order valence-corrected chi connectivity index (χ2v) is 9.60. The molecule has 170 valence electrons. The molecule has 0 aliphatic heterocycles. The number of aryl methyl sites for hydroxylation is 2. The fourth-order valence-electron chi connectivity index (χ4n) is 4.78. The fourth-order valence-corrected chi connectivity index (χ4v) is 5.73. The Balaban J connectivity index is 1.46. The van der Waals surface area contributed by atoms with Crippen LogP contribution in [-0.4, -0.2) is 30.8 Å². The molecule has 33 heavy (non-hydrogen) atoms.